The number of phenolic OH excluding ortho intramolecular Hbond substituents is 1. The Balaban J connectivity index is 2.31. The van der Waals surface area contributed by atoms with Crippen LogP contribution in [-0.4, -0.2) is 17.7 Å². The number of hydrogen-bond donors (Lipinski definition) is 2. The normalized spacial score (nSPS) is 20.3. The maximum absolute atomic E-state index is 13.8. The number of aromatic hydroxyl groups is 1. The Morgan fingerprint density at radius 2 is 2.38 bits per heavy atom. The molecule has 1 fully saturated rings. The van der Waals surface area contributed by atoms with Crippen molar-refractivity contribution in [3.05, 3.63) is 28.0 Å². The van der Waals surface area contributed by atoms with E-state index in [-0.39, 0.29) is 22.6 Å². The molecule has 1 aliphatic heterocycles. The Morgan fingerprint density at radius 1 is 1.62 bits per heavy atom. The molecule has 1 atom stereocenters. The van der Waals surface area contributed by atoms with E-state index in [0.29, 0.717) is 17.5 Å². The van der Waals surface area contributed by atoms with Gasteiger partial charge in [-0.2, -0.15) is 0 Å². The zero-order chi connectivity index (χ0) is 11.7. The van der Waals surface area contributed by atoms with Crippen LogP contribution in [0.2, 0.25) is 5.02 Å². The lowest BCUT2D eigenvalue weighted by atomic mass is 10.0. The third-order valence-corrected chi connectivity index (χ3v) is 3.37. The molecule has 88 valence electrons. The van der Waals surface area contributed by atoms with Crippen LogP contribution in [0.3, 0.4) is 0 Å². The lowest BCUT2D eigenvalue weighted by molar-refractivity contribution is 0.449. The molecule has 0 amide bonds. The molecule has 0 aliphatic carbocycles. The second-order valence-corrected chi connectivity index (χ2v) is 4.72. The number of halogens is 2. The van der Waals surface area contributed by atoms with Gasteiger partial charge >= 0.3 is 0 Å². The summed E-state index contributed by atoms with van der Waals surface area (Å²) in [6.45, 7) is 2.62. The van der Waals surface area contributed by atoms with Gasteiger partial charge < -0.3 is 10.4 Å². The Kier molecular flexibility index (Phi) is 3.36. The van der Waals surface area contributed by atoms with Crippen LogP contribution < -0.4 is 5.32 Å². The smallest absolute Gasteiger partial charge is 0.140 e. The van der Waals surface area contributed by atoms with Crippen molar-refractivity contribution in [1.82, 2.24) is 5.32 Å². The van der Waals surface area contributed by atoms with Crippen LogP contribution >= 0.6 is 11.6 Å². The molecule has 0 aromatic heterocycles. The van der Waals surface area contributed by atoms with Gasteiger partial charge in [-0.15, -0.1) is 0 Å². The monoisotopic (exact) mass is 243 g/mol. The van der Waals surface area contributed by atoms with Crippen LogP contribution in [0.4, 0.5) is 4.39 Å². The largest absolute Gasteiger partial charge is 0.506 e. The van der Waals surface area contributed by atoms with E-state index < -0.39 is 0 Å². The highest BCUT2D eigenvalue weighted by Crippen LogP contribution is 2.33. The summed E-state index contributed by atoms with van der Waals surface area (Å²) in [5.74, 6) is -0.450. The molecular weight excluding hydrogens is 229 g/mol. The molecule has 0 spiro atoms. The predicted octanol–water partition coefficient (Wildman–Crippen LogP) is 2.79. The van der Waals surface area contributed by atoms with E-state index in [4.69, 9.17) is 11.6 Å². The van der Waals surface area contributed by atoms with E-state index in [1.807, 2.05) is 0 Å². The lowest BCUT2D eigenvalue weighted by Crippen LogP contribution is -2.24. The second-order valence-electron chi connectivity index (χ2n) is 4.31. The molecule has 2 nitrogen and oxygen atoms in total. The standard InChI is InChI=1S/C12H15ClFNO/c1-7-5-10(13)12(16)9(11(7)14)6-8-3-2-4-15-8/h5,8,15-16H,2-4,6H2,1H3. The van der Waals surface area contributed by atoms with Gasteiger partial charge in [-0.05, 0) is 44.4 Å². The number of rotatable bonds is 2. The van der Waals surface area contributed by atoms with Crippen molar-refractivity contribution in [1.29, 1.82) is 0 Å². The van der Waals surface area contributed by atoms with Gasteiger partial charge in [0.15, 0.2) is 0 Å². The summed E-state index contributed by atoms with van der Waals surface area (Å²) in [6, 6.07) is 1.70. The van der Waals surface area contributed by atoms with Gasteiger partial charge in [0.25, 0.3) is 0 Å². The second kappa shape index (κ2) is 4.60. The number of aryl methyl sites for hydroxylation is 1. The predicted molar refractivity (Wildman–Crippen MR) is 62.5 cm³/mol. The van der Waals surface area contributed by atoms with Gasteiger partial charge in [-0.1, -0.05) is 11.6 Å². The van der Waals surface area contributed by atoms with Gasteiger partial charge in [0.2, 0.25) is 0 Å². The molecule has 0 radical (unpaired) electrons. The van der Waals surface area contributed by atoms with Gasteiger partial charge in [0.1, 0.15) is 11.6 Å². The summed E-state index contributed by atoms with van der Waals surface area (Å²) in [5.41, 5.74) is 0.820. The number of nitrogens with one attached hydrogen (secondary N) is 1. The average Bonchev–Trinajstić information content (AvgIpc) is 2.74. The van der Waals surface area contributed by atoms with E-state index in [9.17, 15) is 9.50 Å². The van der Waals surface area contributed by atoms with Crippen LogP contribution in [0.25, 0.3) is 0 Å². The van der Waals surface area contributed by atoms with Crippen LogP contribution in [0.1, 0.15) is 24.0 Å². The number of hydrogen-bond acceptors (Lipinski definition) is 2. The summed E-state index contributed by atoms with van der Waals surface area (Å²) >= 11 is 5.84. The Hall–Kier alpha value is -0.800. The quantitative estimate of drug-likeness (QED) is 0.837. The van der Waals surface area contributed by atoms with Crippen LogP contribution in [0.15, 0.2) is 6.07 Å². The molecule has 1 aromatic carbocycles. The van der Waals surface area contributed by atoms with Crippen LogP contribution in [-0.2, 0) is 6.42 Å². The first-order valence-electron chi connectivity index (χ1n) is 5.49. The summed E-state index contributed by atoms with van der Waals surface area (Å²) < 4.78 is 13.8. The number of phenols is 1. The van der Waals surface area contributed by atoms with Gasteiger partial charge in [-0.3, -0.25) is 0 Å². The van der Waals surface area contributed by atoms with Crippen molar-refractivity contribution < 1.29 is 9.50 Å². The first kappa shape index (κ1) is 11.7. The zero-order valence-electron chi connectivity index (χ0n) is 9.19. The fraction of sp³-hybridized carbons (Fsp3) is 0.500. The minimum atomic E-state index is -0.337. The molecule has 2 rings (SSSR count). The minimum Gasteiger partial charge on any atom is -0.506 e. The average molecular weight is 244 g/mol. The first-order chi connectivity index (χ1) is 7.59. The molecule has 1 aromatic rings. The summed E-state index contributed by atoms with van der Waals surface area (Å²) in [5, 5.41) is 13.3. The van der Waals surface area contributed by atoms with Crippen molar-refractivity contribution >= 4 is 11.6 Å². The first-order valence-corrected chi connectivity index (χ1v) is 5.87. The van der Waals surface area contributed by atoms with Crippen molar-refractivity contribution in [2.45, 2.75) is 32.2 Å². The molecule has 0 saturated carbocycles. The van der Waals surface area contributed by atoms with E-state index in [1.54, 1.807) is 6.92 Å². The maximum Gasteiger partial charge on any atom is 0.140 e. The molecule has 16 heavy (non-hydrogen) atoms. The van der Waals surface area contributed by atoms with Gasteiger partial charge in [-0.25, -0.2) is 4.39 Å². The molecule has 1 aliphatic rings. The van der Waals surface area contributed by atoms with Crippen molar-refractivity contribution in [2.24, 2.45) is 0 Å². The summed E-state index contributed by atoms with van der Waals surface area (Å²) in [6.07, 6.45) is 2.62. The highest BCUT2D eigenvalue weighted by Gasteiger charge is 2.21. The lowest BCUT2D eigenvalue weighted by Gasteiger charge is -2.14. The zero-order valence-corrected chi connectivity index (χ0v) is 9.94. The Labute approximate surface area is 99.4 Å². The molecule has 2 N–H and O–H groups in total. The molecule has 4 heteroatoms. The van der Waals surface area contributed by atoms with Crippen LogP contribution in [0, 0.1) is 12.7 Å². The van der Waals surface area contributed by atoms with E-state index in [0.717, 1.165) is 19.4 Å². The third kappa shape index (κ3) is 2.15. The molecule has 0 bridgehead atoms. The fourth-order valence-electron chi connectivity index (χ4n) is 2.17. The molecule has 1 saturated heterocycles. The fourth-order valence-corrected chi connectivity index (χ4v) is 2.45. The summed E-state index contributed by atoms with van der Waals surface area (Å²) in [7, 11) is 0. The third-order valence-electron chi connectivity index (χ3n) is 3.08. The SMILES string of the molecule is Cc1cc(Cl)c(O)c(CC2CCCN2)c1F. The maximum atomic E-state index is 13.8. The van der Waals surface area contributed by atoms with Crippen molar-refractivity contribution in [2.75, 3.05) is 6.54 Å². The van der Waals surface area contributed by atoms with Gasteiger partial charge in [0, 0.05) is 11.6 Å². The van der Waals surface area contributed by atoms with Gasteiger partial charge in [0.05, 0.1) is 5.02 Å². The summed E-state index contributed by atoms with van der Waals surface area (Å²) in [4.78, 5) is 0. The molecular formula is C12H15ClFNO. The molecule has 1 heterocycles. The van der Waals surface area contributed by atoms with Crippen LogP contribution in [0.5, 0.6) is 5.75 Å². The Bertz CT molecular complexity index is 376. The highest BCUT2D eigenvalue weighted by atomic mass is 35.5. The van der Waals surface area contributed by atoms with Crippen molar-refractivity contribution in [3.8, 4) is 5.75 Å². The van der Waals surface area contributed by atoms with E-state index in [1.165, 1.54) is 6.07 Å². The van der Waals surface area contributed by atoms with E-state index >= 15 is 0 Å². The topological polar surface area (TPSA) is 32.3 Å². The van der Waals surface area contributed by atoms with Crippen molar-refractivity contribution in [3.63, 3.8) is 0 Å². The highest BCUT2D eigenvalue weighted by molar-refractivity contribution is 6.32. The molecule has 1 unspecified atom stereocenters. The van der Waals surface area contributed by atoms with E-state index in [2.05, 4.69) is 5.32 Å². The minimum absolute atomic E-state index is 0.113. The Morgan fingerprint density at radius 3 is 3.00 bits per heavy atom. The number of benzene rings is 1.